The van der Waals surface area contributed by atoms with E-state index in [4.69, 9.17) is 9.47 Å². The largest absolute Gasteiger partial charge is 0.507 e. The molecule has 1 aliphatic carbocycles. The molecule has 1 aliphatic heterocycles. The molecular weight excluding hydrogens is 256 g/mol. The van der Waals surface area contributed by atoms with Gasteiger partial charge in [0.05, 0.1) is 19.3 Å². The Morgan fingerprint density at radius 2 is 2.25 bits per heavy atom. The number of allylic oxidation sites excluding steroid dienone is 2. The highest BCUT2D eigenvalue weighted by Crippen LogP contribution is 2.18. The van der Waals surface area contributed by atoms with Crippen molar-refractivity contribution in [1.82, 2.24) is 0 Å². The zero-order chi connectivity index (χ0) is 14.1. The van der Waals surface area contributed by atoms with Crippen LogP contribution in [0, 0.1) is 0 Å². The molecule has 1 heterocycles. The lowest BCUT2D eigenvalue weighted by atomic mass is 9.99. The maximum atomic E-state index is 11.6. The van der Waals surface area contributed by atoms with Gasteiger partial charge < -0.3 is 14.6 Å². The molecule has 1 N–H and O–H groups in total. The molecule has 1 aromatic rings. The summed E-state index contributed by atoms with van der Waals surface area (Å²) in [6.07, 6.45) is 9.35. The number of methoxy groups -OCH3 is 1. The van der Waals surface area contributed by atoms with E-state index in [-0.39, 0.29) is 11.9 Å². The number of fused-ring (bicyclic) bond motifs is 2. The minimum absolute atomic E-state index is 0.0598. The van der Waals surface area contributed by atoms with Crippen LogP contribution < -0.4 is 10.4 Å². The average Bonchev–Trinajstić information content (AvgIpc) is 2.65. The molecular formula is C16H14O4. The monoisotopic (exact) mass is 270 g/mol. The molecule has 0 spiro atoms. The van der Waals surface area contributed by atoms with Crippen molar-refractivity contribution in [3.8, 4) is 5.75 Å². The first-order valence-corrected chi connectivity index (χ1v) is 6.33. The quantitative estimate of drug-likeness (QED) is 0.761. The SMILES string of the molecule is COC(=O)c1cc(O)c2c(c1)=CCOC1C=CC=CC=21. The molecule has 0 aromatic heterocycles. The summed E-state index contributed by atoms with van der Waals surface area (Å²) in [5.74, 6) is -0.410. The average molecular weight is 270 g/mol. The second-order valence-electron chi connectivity index (χ2n) is 4.61. The summed E-state index contributed by atoms with van der Waals surface area (Å²) < 4.78 is 10.4. The number of phenols is 1. The van der Waals surface area contributed by atoms with Crippen LogP contribution in [0.2, 0.25) is 0 Å². The van der Waals surface area contributed by atoms with Crippen molar-refractivity contribution in [2.75, 3.05) is 13.7 Å². The van der Waals surface area contributed by atoms with Crippen LogP contribution in [0.1, 0.15) is 10.4 Å². The summed E-state index contributed by atoms with van der Waals surface area (Å²) in [6, 6.07) is 3.14. The smallest absolute Gasteiger partial charge is 0.338 e. The molecule has 1 atom stereocenters. The minimum Gasteiger partial charge on any atom is -0.507 e. The maximum absolute atomic E-state index is 11.6. The van der Waals surface area contributed by atoms with Crippen molar-refractivity contribution < 1.29 is 19.4 Å². The van der Waals surface area contributed by atoms with E-state index in [2.05, 4.69) is 0 Å². The minimum atomic E-state index is -0.470. The molecule has 1 aromatic carbocycles. The van der Waals surface area contributed by atoms with Crippen LogP contribution in [0.25, 0.3) is 11.6 Å². The Balaban J connectivity index is 2.32. The van der Waals surface area contributed by atoms with Crippen LogP contribution in [-0.4, -0.2) is 30.9 Å². The molecule has 4 heteroatoms. The summed E-state index contributed by atoms with van der Waals surface area (Å²) in [4.78, 5) is 11.6. The lowest BCUT2D eigenvalue weighted by Crippen LogP contribution is -2.30. The summed E-state index contributed by atoms with van der Waals surface area (Å²) in [7, 11) is 1.32. The Labute approximate surface area is 115 Å². The highest BCUT2D eigenvalue weighted by Gasteiger charge is 2.18. The van der Waals surface area contributed by atoms with Gasteiger partial charge in [-0.1, -0.05) is 30.4 Å². The van der Waals surface area contributed by atoms with E-state index in [1.165, 1.54) is 13.2 Å². The van der Waals surface area contributed by atoms with E-state index in [1.54, 1.807) is 6.07 Å². The standard InChI is InChI=1S/C16H14O4/c1-19-16(18)11-8-10-6-7-20-14-5-3-2-4-12(14)15(10)13(17)9-11/h2-6,8-9,14,17H,7H2,1H3. The zero-order valence-corrected chi connectivity index (χ0v) is 11.0. The predicted octanol–water partition coefficient (Wildman–Crippen LogP) is 0.635. The van der Waals surface area contributed by atoms with Gasteiger partial charge in [0.1, 0.15) is 11.9 Å². The fourth-order valence-corrected chi connectivity index (χ4v) is 2.50. The van der Waals surface area contributed by atoms with E-state index in [0.29, 0.717) is 17.4 Å². The molecule has 20 heavy (non-hydrogen) atoms. The van der Waals surface area contributed by atoms with E-state index in [0.717, 1.165) is 10.8 Å². The first-order valence-electron chi connectivity index (χ1n) is 6.33. The molecule has 1 unspecified atom stereocenters. The number of carbonyl (C=O) groups is 1. The van der Waals surface area contributed by atoms with Crippen molar-refractivity contribution in [2.45, 2.75) is 6.10 Å². The molecule has 0 fully saturated rings. The first kappa shape index (κ1) is 12.7. The lowest BCUT2D eigenvalue weighted by molar-refractivity contribution is 0.0600. The highest BCUT2D eigenvalue weighted by atomic mass is 16.5. The number of benzene rings is 1. The van der Waals surface area contributed by atoms with Gasteiger partial charge in [0.15, 0.2) is 0 Å². The van der Waals surface area contributed by atoms with Crippen LogP contribution in [0.5, 0.6) is 5.75 Å². The Morgan fingerprint density at radius 3 is 3.05 bits per heavy atom. The van der Waals surface area contributed by atoms with Crippen LogP contribution in [0.4, 0.5) is 0 Å². The first-order chi connectivity index (χ1) is 9.70. The third-order valence-electron chi connectivity index (χ3n) is 3.42. The third-order valence-corrected chi connectivity index (χ3v) is 3.42. The topological polar surface area (TPSA) is 55.8 Å². The van der Waals surface area contributed by atoms with Crippen LogP contribution in [-0.2, 0) is 9.47 Å². The van der Waals surface area contributed by atoms with Gasteiger partial charge in [0.2, 0.25) is 0 Å². The maximum Gasteiger partial charge on any atom is 0.338 e. The van der Waals surface area contributed by atoms with Crippen molar-refractivity contribution in [2.24, 2.45) is 0 Å². The number of ether oxygens (including phenoxy) is 2. The van der Waals surface area contributed by atoms with Gasteiger partial charge in [0.25, 0.3) is 0 Å². The van der Waals surface area contributed by atoms with Crippen LogP contribution >= 0.6 is 0 Å². The van der Waals surface area contributed by atoms with Crippen molar-refractivity contribution in [3.05, 3.63) is 52.4 Å². The Morgan fingerprint density at radius 1 is 1.40 bits per heavy atom. The summed E-state index contributed by atoms with van der Waals surface area (Å²) in [5, 5.41) is 11.8. The van der Waals surface area contributed by atoms with Gasteiger partial charge in [0, 0.05) is 5.22 Å². The van der Waals surface area contributed by atoms with Crippen LogP contribution in [0.3, 0.4) is 0 Å². The van der Waals surface area contributed by atoms with Crippen molar-refractivity contribution in [3.63, 3.8) is 0 Å². The van der Waals surface area contributed by atoms with E-state index >= 15 is 0 Å². The molecule has 0 bridgehead atoms. The summed E-state index contributed by atoms with van der Waals surface area (Å²) in [5.41, 5.74) is 1.22. The zero-order valence-electron chi connectivity index (χ0n) is 11.0. The highest BCUT2D eigenvalue weighted by molar-refractivity contribution is 5.90. The Kier molecular flexibility index (Phi) is 3.16. The van der Waals surface area contributed by atoms with Gasteiger partial charge in [-0.15, -0.1) is 0 Å². The number of rotatable bonds is 1. The van der Waals surface area contributed by atoms with E-state index in [1.807, 2.05) is 30.4 Å². The molecule has 0 radical (unpaired) electrons. The van der Waals surface area contributed by atoms with Gasteiger partial charge in [-0.3, -0.25) is 0 Å². The normalized spacial score (nSPS) is 19.6. The molecule has 102 valence electrons. The van der Waals surface area contributed by atoms with Gasteiger partial charge >= 0.3 is 5.97 Å². The van der Waals surface area contributed by atoms with E-state index in [9.17, 15) is 9.90 Å². The number of hydrogen-bond donors (Lipinski definition) is 1. The fraction of sp³-hybridized carbons (Fsp3) is 0.188. The van der Waals surface area contributed by atoms with Crippen molar-refractivity contribution >= 4 is 17.6 Å². The number of phenolic OH excluding ortho intramolecular Hbond substituents is 1. The van der Waals surface area contributed by atoms with E-state index < -0.39 is 5.97 Å². The molecule has 0 amide bonds. The van der Waals surface area contributed by atoms with Gasteiger partial charge in [-0.05, 0) is 22.9 Å². The summed E-state index contributed by atoms with van der Waals surface area (Å²) in [6.45, 7) is 0.420. The fourth-order valence-electron chi connectivity index (χ4n) is 2.50. The van der Waals surface area contributed by atoms with Gasteiger partial charge in [-0.2, -0.15) is 0 Å². The molecule has 0 saturated carbocycles. The summed E-state index contributed by atoms with van der Waals surface area (Å²) >= 11 is 0. The second kappa shape index (κ2) is 4.98. The number of esters is 1. The predicted molar refractivity (Wildman–Crippen MR) is 74.6 cm³/mol. The molecule has 4 nitrogen and oxygen atoms in total. The number of hydrogen-bond acceptors (Lipinski definition) is 4. The molecule has 3 rings (SSSR count). The Hall–Kier alpha value is -2.33. The molecule has 2 aliphatic rings. The Bertz CT molecular complexity index is 740. The van der Waals surface area contributed by atoms with Gasteiger partial charge in [-0.25, -0.2) is 4.79 Å². The number of aromatic hydroxyl groups is 1. The molecule has 0 saturated heterocycles. The van der Waals surface area contributed by atoms with Crippen LogP contribution in [0.15, 0.2) is 36.4 Å². The second-order valence-corrected chi connectivity index (χ2v) is 4.61. The van der Waals surface area contributed by atoms with Crippen molar-refractivity contribution in [1.29, 1.82) is 0 Å². The third kappa shape index (κ3) is 2.04. The lowest BCUT2D eigenvalue weighted by Gasteiger charge is -2.16. The number of carbonyl (C=O) groups excluding carboxylic acids is 1.